The third-order valence-electron chi connectivity index (χ3n) is 2.51. The van der Waals surface area contributed by atoms with Crippen LogP contribution >= 0.6 is 15.9 Å². The van der Waals surface area contributed by atoms with Crippen LogP contribution in [0.1, 0.15) is 24.2 Å². The third kappa shape index (κ3) is 3.61. The molecule has 0 aliphatic carbocycles. The van der Waals surface area contributed by atoms with Gasteiger partial charge in [-0.3, -0.25) is 9.97 Å². The summed E-state index contributed by atoms with van der Waals surface area (Å²) in [7, 11) is 0. The van der Waals surface area contributed by atoms with Crippen molar-refractivity contribution in [2.45, 2.75) is 19.5 Å². The zero-order valence-corrected chi connectivity index (χ0v) is 11.2. The number of rotatable bonds is 4. The molecule has 4 heteroatoms. The molecule has 2 rings (SSSR count). The lowest BCUT2D eigenvalue weighted by molar-refractivity contribution is 0.560. The molecule has 1 N–H and O–H groups in total. The van der Waals surface area contributed by atoms with Gasteiger partial charge in [0.05, 0.1) is 5.69 Å². The van der Waals surface area contributed by atoms with Crippen LogP contribution in [-0.4, -0.2) is 9.97 Å². The third-order valence-corrected chi connectivity index (χ3v) is 2.94. The van der Waals surface area contributed by atoms with Crippen molar-refractivity contribution in [2.75, 3.05) is 0 Å². The Morgan fingerprint density at radius 2 is 2.24 bits per heavy atom. The molecule has 2 aromatic rings. The second-order valence-corrected chi connectivity index (χ2v) is 4.78. The van der Waals surface area contributed by atoms with Gasteiger partial charge in [-0.25, -0.2) is 0 Å². The molecule has 0 radical (unpaired) electrons. The molecule has 0 saturated carbocycles. The fourth-order valence-electron chi connectivity index (χ4n) is 1.56. The highest BCUT2D eigenvalue weighted by Gasteiger charge is 2.05. The van der Waals surface area contributed by atoms with Gasteiger partial charge in [-0.15, -0.1) is 0 Å². The van der Waals surface area contributed by atoms with Crippen LogP contribution in [0.2, 0.25) is 0 Å². The quantitative estimate of drug-likeness (QED) is 0.941. The second-order valence-electron chi connectivity index (χ2n) is 3.87. The standard InChI is InChI=1S/C13H14BrN3/c1-10(13-4-2-3-5-16-13)17-8-11-6-12(14)9-15-7-11/h2-7,9-10,17H,8H2,1H3/t10-/m1/s1. The van der Waals surface area contributed by atoms with E-state index in [1.807, 2.05) is 30.6 Å². The van der Waals surface area contributed by atoms with Gasteiger partial charge in [0.15, 0.2) is 0 Å². The van der Waals surface area contributed by atoms with E-state index in [2.05, 4.69) is 44.2 Å². The predicted molar refractivity (Wildman–Crippen MR) is 71.4 cm³/mol. The lowest BCUT2D eigenvalue weighted by Crippen LogP contribution is -2.19. The maximum absolute atomic E-state index is 4.32. The van der Waals surface area contributed by atoms with Crippen LogP contribution in [0.5, 0.6) is 0 Å². The van der Waals surface area contributed by atoms with Gasteiger partial charge >= 0.3 is 0 Å². The van der Waals surface area contributed by atoms with Crippen LogP contribution in [0.15, 0.2) is 47.3 Å². The summed E-state index contributed by atoms with van der Waals surface area (Å²) in [6.07, 6.45) is 5.46. The normalized spacial score (nSPS) is 12.4. The lowest BCUT2D eigenvalue weighted by atomic mass is 10.2. The maximum Gasteiger partial charge on any atom is 0.0570 e. The van der Waals surface area contributed by atoms with Crippen LogP contribution in [0.3, 0.4) is 0 Å². The van der Waals surface area contributed by atoms with Gasteiger partial charge < -0.3 is 5.32 Å². The van der Waals surface area contributed by atoms with E-state index in [0.717, 1.165) is 22.3 Å². The molecule has 0 spiro atoms. The van der Waals surface area contributed by atoms with Crippen molar-refractivity contribution >= 4 is 15.9 Å². The predicted octanol–water partition coefficient (Wildman–Crippen LogP) is 3.09. The van der Waals surface area contributed by atoms with Crippen molar-refractivity contribution < 1.29 is 0 Å². The number of hydrogen-bond acceptors (Lipinski definition) is 3. The molecular formula is C13H14BrN3. The summed E-state index contributed by atoms with van der Waals surface area (Å²) in [4.78, 5) is 8.45. The molecular weight excluding hydrogens is 278 g/mol. The summed E-state index contributed by atoms with van der Waals surface area (Å²) in [5.41, 5.74) is 2.21. The van der Waals surface area contributed by atoms with E-state index in [-0.39, 0.29) is 6.04 Å². The molecule has 0 aliphatic rings. The zero-order valence-electron chi connectivity index (χ0n) is 9.60. The molecule has 0 amide bonds. The van der Waals surface area contributed by atoms with Crippen LogP contribution in [0.25, 0.3) is 0 Å². The first kappa shape index (κ1) is 12.2. The molecule has 3 nitrogen and oxygen atoms in total. The van der Waals surface area contributed by atoms with Crippen LogP contribution in [-0.2, 0) is 6.54 Å². The van der Waals surface area contributed by atoms with Crippen LogP contribution in [0, 0.1) is 0 Å². The van der Waals surface area contributed by atoms with E-state index < -0.39 is 0 Å². The largest absolute Gasteiger partial charge is 0.305 e. The molecule has 2 aromatic heterocycles. The molecule has 88 valence electrons. The average molecular weight is 292 g/mol. The van der Waals surface area contributed by atoms with Crippen molar-refractivity contribution in [3.8, 4) is 0 Å². The fourth-order valence-corrected chi connectivity index (χ4v) is 1.97. The minimum atomic E-state index is 0.232. The summed E-state index contributed by atoms with van der Waals surface area (Å²) in [6, 6.07) is 8.24. The number of pyridine rings is 2. The lowest BCUT2D eigenvalue weighted by Gasteiger charge is -2.13. The number of halogens is 1. The van der Waals surface area contributed by atoms with Gasteiger partial charge in [0.25, 0.3) is 0 Å². The van der Waals surface area contributed by atoms with Crippen molar-refractivity contribution in [2.24, 2.45) is 0 Å². The minimum absolute atomic E-state index is 0.232. The van der Waals surface area contributed by atoms with Crippen LogP contribution in [0.4, 0.5) is 0 Å². The first-order valence-corrected chi connectivity index (χ1v) is 6.29. The average Bonchev–Trinajstić information content (AvgIpc) is 2.37. The Morgan fingerprint density at radius 1 is 1.35 bits per heavy atom. The summed E-state index contributed by atoms with van der Waals surface area (Å²) >= 11 is 3.41. The van der Waals surface area contributed by atoms with Gasteiger partial charge in [-0.05, 0) is 46.6 Å². The summed E-state index contributed by atoms with van der Waals surface area (Å²) in [6.45, 7) is 2.89. The molecule has 2 heterocycles. The Bertz CT molecular complexity index is 473. The number of aromatic nitrogens is 2. The molecule has 0 saturated heterocycles. The fraction of sp³-hybridized carbons (Fsp3) is 0.231. The van der Waals surface area contributed by atoms with Crippen molar-refractivity contribution in [1.82, 2.24) is 15.3 Å². The molecule has 0 fully saturated rings. The number of nitrogens with zero attached hydrogens (tertiary/aromatic N) is 2. The van der Waals surface area contributed by atoms with E-state index >= 15 is 0 Å². The van der Waals surface area contributed by atoms with Crippen molar-refractivity contribution in [3.63, 3.8) is 0 Å². The summed E-state index contributed by atoms with van der Waals surface area (Å²) < 4.78 is 1.00. The smallest absolute Gasteiger partial charge is 0.0570 e. The molecule has 1 atom stereocenters. The highest BCUT2D eigenvalue weighted by atomic mass is 79.9. The van der Waals surface area contributed by atoms with Crippen molar-refractivity contribution in [3.05, 3.63) is 58.6 Å². The minimum Gasteiger partial charge on any atom is -0.305 e. The molecule has 17 heavy (non-hydrogen) atoms. The molecule has 0 aromatic carbocycles. The van der Waals surface area contributed by atoms with E-state index in [4.69, 9.17) is 0 Å². The zero-order chi connectivity index (χ0) is 12.1. The summed E-state index contributed by atoms with van der Waals surface area (Å²) in [5, 5.41) is 3.42. The van der Waals surface area contributed by atoms with E-state index in [1.54, 1.807) is 6.20 Å². The number of nitrogens with one attached hydrogen (secondary N) is 1. The SMILES string of the molecule is C[C@@H](NCc1cncc(Br)c1)c1ccccn1. The Morgan fingerprint density at radius 3 is 2.94 bits per heavy atom. The van der Waals surface area contributed by atoms with Gasteiger partial charge in [0.1, 0.15) is 0 Å². The van der Waals surface area contributed by atoms with E-state index in [0.29, 0.717) is 0 Å². The van der Waals surface area contributed by atoms with Gasteiger partial charge in [0.2, 0.25) is 0 Å². The first-order chi connectivity index (χ1) is 8.25. The summed E-state index contributed by atoms with van der Waals surface area (Å²) in [5.74, 6) is 0. The highest BCUT2D eigenvalue weighted by Crippen LogP contribution is 2.12. The molecule has 0 bridgehead atoms. The number of hydrogen-bond donors (Lipinski definition) is 1. The van der Waals surface area contributed by atoms with Crippen molar-refractivity contribution in [1.29, 1.82) is 0 Å². The Hall–Kier alpha value is -1.26. The van der Waals surface area contributed by atoms with Gasteiger partial charge in [0, 0.05) is 35.6 Å². The molecule has 0 aliphatic heterocycles. The van der Waals surface area contributed by atoms with Gasteiger partial charge in [-0.2, -0.15) is 0 Å². The Kier molecular flexibility index (Phi) is 4.23. The first-order valence-electron chi connectivity index (χ1n) is 5.49. The highest BCUT2D eigenvalue weighted by molar-refractivity contribution is 9.10. The van der Waals surface area contributed by atoms with E-state index in [1.165, 1.54) is 0 Å². The van der Waals surface area contributed by atoms with Crippen LogP contribution < -0.4 is 5.32 Å². The Labute approximate surface area is 109 Å². The second kappa shape index (κ2) is 5.89. The topological polar surface area (TPSA) is 37.8 Å². The van der Waals surface area contributed by atoms with Gasteiger partial charge in [-0.1, -0.05) is 6.07 Å². The maximum atomic E-state index is 4.32. The molecule has 0 unspecified atom stereocenters. The monoisotopic (exact) mass is 291 g/mol. The Balaban J connectivity index is 1.95. The van der Waals surface area contributed by atoms with E-state index in [9.17, 15) is 0 Å².